The topological polar surface area (TPSA) is 29.5 Å². The van der Waals surface area contributed by atoms with Crippen molar-refractivity contribution in [3.8, 4) is 0 Å². The maximum atomic E-state index is 12.0. The average Bonchev–Trinajstić information content (AvgIpc) is 2.77. The first-order chi connectivity index (χ1) is 9.67. The molecule has 0 saturated heterocycles. The third kappa shape index (κ3) is 3.34. The summed E-state index contributed by atoms with van der Waals surface area (Å²) in [5.41, 5.74) is 3.17. The summed E-state index contributed by atoms with van der Waals surface area (Å²) in [6, 6.07) is 10.8. The summed E-state index contributed by atoms with van der Waals surface area (Å²) in [4.78, 5) is 14.3. The monoisotopic (exact) mass is 385 g/mol. The van der Waals surface area contributed by atoms with Crippen LogP contribution in [-0.2, 0) is 16.1 Å². The zero-order chi connectivity index (χ0) is 14.5. The van der Waals surface area contributed by atoms with Gasteiger partial charge in [-0.2, -0.15) is 0 Å². The van der Waals surface area contributed by atoms with Crippen LogP contribution in [0.1, 0.15) is 25.8 Å². The van der Waals surface area contributed by atoms with Crippen LogP contribution in [0.4, 0.5) is 0 Å². The van der Waals surface area contributed by atoms with Crippen LogP contribution in [0.15, 0.2) is 41.6 Å². The predicted octanol–water partition coefficient (Wildman–Crippen LogP) is 3.53. The fourth-order valence-corrected chi connectivity index (χ4v) is 3.34. The lowest BCUT2D eigenvalue weighted by atomic mass is 10.1. The lowest BCUT2D eigenvalue weighted by Gasteiger charge is -2.27. The number of hydrogen-bond acceptors (Lipinski definition) is 3. The van der Waals surface area contributed by atoms with Gasteiger partial charge in [-0.15, -0.1) is 0 Å². The Morgan fingerprint density at radius 1 is 1.40 bits per heavy atom. The Hall–Kier alpha value is -1.04. The highest BCUT2D eigenvalue weighted by atomic mass is 127. The van der Waals surface area contributed by atoms with Crippen LogP contribution in [0.25, 0.3) is 0 Å². The van der Waals surface area contributed by atoms with Crippen LogP contribution in [0.2, 0.25) is 0 Å². The van der Waals surface area contributed by atoms with Gasteiger partial charge in [0.05, 0.1) is 12.2 Å². The average molecular weight is 385 g/mol. The zero-order valence-electron chi connectivity index (χ0n) is 11.9. The number of carbonyl (C=O) groups is 1. The SMILES string of the molecule is CCOC(=O)C1=C(C)N(Cc2ccccc2)C(CI)C1. The smallest absolute Gasteiger partial charge is 0.335 e. The van der Waals surface area contributed by atoms with Crippen LogP contribution >= 0.6 is 22.6 Å². The van der Waals surface area contributed by atoms with Crippen molar-refractivity contribution in [3.05, 3.63) is 47.2 Å². The van der Waals surface area contributed by atoms with Crippen molar-refractivity contribution in [2.24, 2.45) is 0 Å². The third-order valence-electron chi connectivity index (χ3n) is 3.64. The number of ether oxygens (including phenoxy) is 1. The van der Waals surface area contributed by atoms with Crippen LogP contribution in [0.3, 0.4) is 0 Å². The molecule has 0 bridgehead atoms. The van der Waals surface area contributed by atoms with Gasteiger partial charge in [-0.3, -0.25) is 0 Å². The minimum Gasteiger partial charge on any atom is -0.463 e. The molecule has 0 aliphatic carbocycles. The molecule has 1 aliphatic heterocycles. The molecule has 0 saturated carbocycles. The molecule has 1 unspecified atom stereocenters. The third-order valence-corrected chi connectivity index (χ3v) is 4.66. The van der Waals surface area contributed by atoms with Crippen molar-refractivity contribution in [2.75, 3.05) is 11.0 Å². The van der Waals surface area contributed by atoms with E-state index in [-0.39, 0.29) is 5.97 Å². The number of benzene rings is 1. The van der Waals surface area contributed by atoms with E-state index in [0.29, 0.717) is 12.6 Å². The lowest BCUT2D eigenvalue weighted by Crippen LogP contribution is -2.29. The number of nitrogens with zero attached hydrogens (tertiary/aromatic N) is 1. The van der Waals surface area contributed by atoms with Gasteiger partial charge < -0.3 is 9.64 Å². The molecular weight excluding hydrogens is 365 g/mol. The van der Waals surface area contributed by atoms with Gasteiger partial charge in [0.15, 0.2) is 0 Å². The number of carbonyl (C=O) groups excluding carboxylic acids is 1. The molecule has 20 heavy (non-hydrogen) atoms. The van der Waals surface area contributed by atoms with E-state index < -0.39 is 0 Å². The largest absolute Gasteiger partial charge is 0.463 e. The molecule has 1 heterocycles. The zero-order valence-corrected chi connectivity index (χ0v) is 14.1. The molecule has 1 atom stereocenters. The van der Waals surface area contributed by atoms with Crippen molar-refractivity contribution in [3.63, 3.8) is 0 Å². The Labute approximate surface area is 134 Å². The Kier molecular flexibility index (Phi) is 5.46. The van der Waals surface area contributed by atoms with Crippen LogP contribution in [0, 0.1) is 0 Å². The Morgan fingerprint density at radius 2 is 2.10 bits per heavy atom. The Bertz CT molecular complexity index is 498. The van der Waals surface area contributed by atoms with Gasteiger partial charge in [-0.05, 0) is 19.4 Å². The standard InChI is InChI=1S/C16H20INO2/c1-3-20-16(19)15-9-14(10-17)18(12(15)2)11-13-7-5-4-6-8-13/h4-8,14H,3,9-11H2,1-2H3. The van der Waals surface area contributed by atoms with E-state index in [9.17, 15) is 4.79 Å². The molecule has 108 valence electrons. The summed E-state index contributed by atoms with van der Waals surface area (Å²) >= 11 is 2.39. The minimum absolute atomic E-state index is 0.157. The van der Waals surface area contributed by atoms with Crippen molar-refractivity contribution in [1.82, 2.24) is 4.90 Å². The van der Waals surface area contributed by atoms with Crippen LogP contribution in [-0.4, -0.2) is 27.9 Å². The summed E-state index contributed by atoms with van der Waals surface area (Å²) in [7, 11) is 0. The van der Waals surface area contributed by atoms with Gasteiger partial charge in [0, 0.05) is 29.1 Å². The molecule has 1 aromatic rings. The fourth-order valence-electron chi connectivity index (χ4n) is 2.56. The summed E-state index contributed by atoms with van der Waals surface area (Å²) < 4.78 is 6.17. The fraction of sp³-hybridized carbons (Fsp3) is 0.438. The molecule has 1 aromatic carbocycles. The predicted molar refractivity (Wildman–Crippen MR) is 88.6 cm³/mol. The van der Waals surface area contributed by atoms with Gasteiger partial charge in [0.2, 0.25) is 0 Å². The van der Waals surface area contributed by atoms with E-state index in [1.807, 2.05) is 19.9 Å². The van der Waals surface area contributed by atoms with Crippen molar-refractivity contribution in [2.45, 2.75) is 32.9 Å². The number of hydrogen-bond donors (Lipinski definition) is 0. The second kappa shape index (κ2) is 7.11. The summed E-state index contributed by atoms with van der Waals surface area (Å²) in [5.74, 6) is -0.157. The number of alkyl halides is 1. The molecular formula is C16H20INO2. The number of esters is 1. The number of halogens is 1. The molecule has 0 aromatic heterocycles. The second-order valence-electron chi connectivity index (χ2n) is 4.91. The first-order valence-electron chi connectivity index (χ1n) is 6.90. The molecule has 3 nitrogen and oxygen atoms in total. The van der Waals surface area contributed by atoms with E-state index in [4.69, 9.17) is 4.74 Å². The number of allylic oxidation sites excluding steroid dienone is 1. The summed E-state index contributed by atoms with van der Waals surface area (Å²) in [5, 5.41) is 0. The Balaban J connectivity index is 2.19. The first-order valence-corrected chi connectivity index (χ1v) is 8.43. The normalized spacial score (nSPS) is 18.6. The van der Waals surface area contributed by atoms with Gasteiger partial charge in [-0.25, -0.2) is 4.79 Å². The molecule has 4 heteroatoms. The number of rotatable bonds is 5. The highest BCUT2D eigenvalue weighted by Crippen LogP contribution is 2.32. The Morgan fingerprint density at radius 3 is 2.70 bits per heavy atom. The summed E-state index contributed by atoms with van der Waals surface area (Å²) in [6.07, 6.45) is 0.792. The van der Waals surface area contributed by atoms with Crippen molar-refractivity contribution in [1.29, 1.82) is 0 Å². The lowest BCUT2D eigenvalue weighted by molar-refractivity contribution is -0.138. The highest BCUT2D eigenvalue weighted by Gasteiger charge is 2.32. The first kappa shape index (κ1) is 15.4. The quantitative estimate of drug-likeness (QED) is 0.441. The minimum atomic E-state index is -0.157. The highest BCUT2D eigenvalue weighted by molar-refractivity contribution is 14.1. The molecule has 2 rings (SSSR count). The molecule has 0 radical (unpaired) electrons. The van der Waals surface area contributed by atoms with Gasteiger partial charge in [0.1, 0.15) is 0 Å². The van der Waals surface area contributed by atoms with Crippen LogP contribution < -0.4 is 0 Å². The molecule has 1 aliphatic rings. The summed E-state index contributed by atoms with van der Waals surface area (Å²) in [6.45, 7) is 5.16. The molecule has 0 N–H and O–H groups in total. The molecule has 0 fully saturated rings. The van der Waals surface area contributed by atoms with Crippen LogP contribution in [0.5, 0.6) is 0 Å². The van der Waals surface area contributed by atoms with E-state index in [2.05, 4.69) is 51.8 Å². The van der Waals surface area contributed by atoms with E-state index in [1.54, 1.807) is 0 Å². The van der Waals surface area contributed by atoms with Gasteiger partial charge in [0.25, 0.3) is 0 Å². The second-order valence-corrected chi connectivity index (χ2v) is 5.79. The molecule has 0 amide bonds. The van der Waals surface area contributed by atoms with Gasteiger partial charge >= 0.3 is 5.97 Å². The van der Waals surface area contributed by atoms with E-state index in [1.165, 1.54) is 5.56 Å². The van der Waals surface area contributed by atoms with Crippen molar-refractivity contribution < 1.29 is 9.53 Å². The van der Waals surface area contributed by atoms with Crippen molar-refractivity contribution >= 4 is 28.6 Å². The molecule has 0 spiro atoms. The maximum Gasteiger partial charge on any atom is 0.335 e. The van der Waals surface area contributed by atoms with Gasteiger partial charge in [-0.1, -0.05) is 52.9 Å². The van der Waals surface area contributed by atoms with E-state index in [0.717, 1.165) is 28.7 Å². The maximum absolute atomic E-state index is 12.0. The van der Waals surface area contributed by atoms with E-state index >= 15 is 0 Å².